The molecule has 1 saturated heterocycles. The number of imide groups is 1. The van der Waals surface area contributed by atoms with Crippen LogP contribution in [0.4, 0.5) is 0 Å². The van der Waals surface area contributed by atoms with E-state index < -0.39 is 11.9 Å². The predicted octanol–water partition coefficient (Wildman–Crippen LogP) is 2.66. The maximum absolute atomic E-state index is 12.8. The predicted molar refractivity (Wildman–Crippen MR) is 113 cm³/mol. The van der Waals surface area contributed by atoms with Gasteiger partial charge in [0.05, 0.1) is 6.61 Å². The molecule has 0 saturated carbocycles. The molecule has 3 amide bonds. The van der Waals surface area contributed by atoms with Crippen LogP contribution in [0.1, 0.15) is 58.0 Å². The number of rotatable bonds is 7. The van der Waals surface area contributed by atoms with Crippen molar-refractivity contribution in [1.82, 2.24) is 10.2 Å². The zero-order valence-electron chi connectivity index (χ0n) is 17.3. The molecule has 0 aromatic heterocycles. The number of benzene rings is 2. The van der Waals surface area contributed by atoms with E-state index in [0.29, 0.717) is 43.5 Å². The summed E-state index contributed by atoms with van der Waals surface area (Å²) in [5, 5.41) is 2.31. The molecule has 31 heavy (non-hydrogen) atoms. The number of ether oxygens (including phenoxy) is 1. The maximum atomic E-state index is 12.8. The van der Waals surface area contributed by atoms with E-state index in [1.54, 1.807) is 30.3 Å². The molecular weight excluding hydrogens is 396 g/mol. The molecule has 1 fully saturated rings. The van der Waals surface area contributed by atoms with E-state index in [4.69, 9.17) is 4.74 Å². The summed E-state index contributed by atoms with van der Waals surface area (Å²) in [5.74, 6) is -0.127. The summed E-state index contributed by atoms with van der Waals surface area (Å²) in [6.07, 6.45) is 1.49. The second-order valence-electron chi connectivity index (χ2n) is 7.77. The van der Waals surface area contributed by atoms with Crippen molar-refractivity contribution in [3.05, 3.63) is 64.7 Å². The molecule has 160 valence electrons. The van der Waals surface area contributed by atoms with Gasteiger partial charge in [0, 0.05) is 30.5 Å². The molecule has 0 bridgehead atoms. The summed E-state index contributed by atoms with van der Waals surface area (Å²) in [6.45, 7) is 2.82. The van der Waals surface area contributed by atoms with E-state index >= 15 is 0 Å². The van der Waals surface area contributed by atoms with Gasteiger partial charge in [-0.15, -0.1) is 0 Å². The van der Waals surface area contributed by atoms with Crippen LogP contribution in [0.15, 0.2) is 42.5 Å². The largest absolute Gasteiger partial charge is 0.494 e. The van der Waals surface area contributed by atoms with E-state index in [-0.39, 0.29) is 24.0 Å². The van der Waals surface area contributed by atoms with Crippen LogP contribution in [0.3, 0.4) is 0 Å². The number of aryl methyl sites for hydroxylation is 1. The molecule has 1 unspecified atom stereocenters. The molecule has 1 atom stereocenters. The monoisotopic (exact) mass is 420 g/mol. The first-order valence-electron chi connectivity index (χ1n) is 10.5. The zero-order chi connectivity index (χ0) is 22.0. The fraction of sp³-hybridized carbons (Fsp3) is 0.333. The molecule has 7 nitrogen and oxygen atoms in total. The summed E-state index contributed by atoms with van der Waals surface area (Å²) < 4.78 is 5.40. The number of hydrogen-bond acceptors (Lipinski definition) is 5. The highest BCUT2D eigenvalue weighted by Crippen LogP contribution is 2.28. The summed E-state index contributed by atoms with van der Waals surface area (Å²) in [7, 11) is 0. The number of fused-ring (bicyclic) bond motifs is 1. The minimum absolute atomic E-state index is 0.0461. The second kappa shape index (κ2) is 8.71. The summed E-state index contributed by atoms with van der Waals surface area (Å²) in [4.78, 5) is 50.3. The molecule has 1 N–H and O–H groups in total. The normalized spacial score (nSPS) is 18.0. The van der Waals surface area contributed by atoms with Gasteiger partial charge in [-0.25, -0.2) is 0 Å². The first-order valence-corrected chi connectivity index (χ1v) is 10.5. The Balaban J connectivity index is 1.39. The Morgan fingerprint density at radius 2 is 1.90 bits per heavy atom. The van der Waals surface area contributed by atoms with Gasteiger partial charge in [-0.05, 0) is 61.2 Å². The summed E-state index contributed by atoms with van der Waals surface area (Å²) in [6, 6.07) is 12.1. The standard InChI is InChI=1S/C24H24N2O5/c1-2-31-18-7-5-16(6-8-18)21(27)11-4-15-3-9-19-17(13-15)14-26(24(19)30)20-10-12-22(28)25-23(20)29/h3,5-9,13,20H,2,4,10-12,14H2,1H3,(H,25,28,29). The molecular formula is C24H24N2O5. The third-order valence-corrected chi connectivity index (χ3v) is 5.72. The SMILES string of the molecule is CCOc1ccc(C(=O)CCc2ccc3c(c2)CN(C2CCC(=O)NC2=O)C3=O)cc1. The average molecular weight is 420 g/mol. The topological polar surface area (TPSA) is 92.8 Å². The number of hydrogen-bond donors (Lipinski definition) is 1. The van der Waals surface area contributed by atoms with E-state index in [9.17, 15) is 19.2 Å². The van der Waals surface area contributed by atoms with Crippen molar-refractivity contribution in [3.63, 3.8) is 0 Å². The van der Waals surface area contributed by atoms with Crippen LogP contribution in [-0.4, -0.2) is 41.1 Å². The lowest BCUT2D eigenvalue weighted by Crippen LogP contribution is -2.52. The van der Waals surface area contributed by atoms with E-state index in [2.05, 4.69) is 5.32 Å². The Kier molecular flexibility index (Phi) is 5.84. The van der Waals surface area contributed by atoms with Crippen LogP contribution >= 0.6 is 0 Å². The molecule has 2 aliphatic rings. The van der Waals surface area contributed by atoms with Gasteiger partial charge in [-0.1, -0.05) is 12.1 Å². The fourth-order valence-electron chi connectivity index (χ4n) is 4.09. The number of piperidine rings is 1. The first-order chi connectivity index (χ1) is 15.0. The number of nitrogens with zero attached hydrogens (tertiary/aromatic N) is 1. The van der Waals surface area contributed by atoms with Crippen LogP contribution < -0.4 is 10.1 Å². The van der Waals surface area contributed by atoms with Crippen molar-refractivity contribution < 1.29 is 23.9 Å². The van der Waals surface area contributed by atoms with E-state index in [0.717, 1.165) is 16.9 Å². The highest BCUT2D eigenvalue weighted by atomic mass is 16.5. The third kappa shape index (κ3) is 4.35. The lowest BCUT2D eigenvalue weighted by atomic mass is 9.99. The van der Waals surface area contributed by atoms with Crippen LogP contribution in [0.25, 0.3) is 0 Å². The maximum Gasteiger partial charge on any atom is 0.255 e. The fourth-order valence-corrected chi connectivity index (χ4v) is 4.09. The van der Waals surface area contributed by atoms with Gasteiger partial charge in [0.2, 0.25) is 11.8 Å². The minimum Gasteiger partial charge on any atom is -0.494 e. The molecule has 2 aromatic carbocycles. The van der Waals surface area contributed by atoms with Crippen molar-refractivity contribution in [2.75, 3.05) is 6.61 Å². The Bertz CT molecular complexity index is 1040. The Labute approximate surface area is 180 Å². The van der Waals surface area contributed by atoms with E-state index in [1.165, 1.54) is 4.90 Å². The highest BCUT2D eigenvalue weighted by molar-refractivity contribution is 6.05. The van der Waals surface area contributed by atoms with Crippen LogP contribution in [0, 0.1) is 0 Å². The van der Waals surface area contributed by atoms with Gasteiger partial charge in [0.25, 0.3) is 5.91 Å². The molecule has 7 heteroatoms. The van der Waals surface area contributed by atoms with Gasteiger partial charge in [0.1, 0.15) is 11.8 Å². The molecule has 0 spiro atoms. The van der Waals surface area contributed by atoms with Gasteiger partial charge in [0.15, 0.2) is 5.78 Å². The Morgan fingerprint density at radius 1 is 1.13 bits per heavy atom. The van der Waals surface area contributed by atoms with Crippen molar-refractivity contribution in [3.8, 4) is 5.75 Å². The van der Waals surface area contributed by atoms with Crippen LogP contribution in [0.5, 0.6) is 5.75 Å². The van der Waals surface area contributed by atoms with Crippen molar-refractivity contribution in [2.24, 2.45) is 0 Å². The lowest BCUT2D eigenvalue weighted by molar-refractivity contribution is -0.136. The number of carbonyl (C=O) groups is 4. The van der Waals surface area contributed by atoms with Gasteiger partial charge >= 0.3 is 0 Å². The molecule has 2 heterocycles. The highest BCUT2D eigenvalue weighted by Gasteiger charge is 2.39. The zero-order valence-corrected chi connectivity index (χ0v) is 17.3. The summed E-state index contributed by atoms with van der Waals surface area (Å²) >= 11 is 0. The number of Topliss-reactive ketones (excluding diaryl/α,β-unsaturated/α-hetero) is 1. The van der Waals surface area contributed by atoms with Gasteiger partial charge in [-0.3, -0.25) is 24.5 Å². The second-order valence-corrected chi connectivity index (χ2v) is 7.77. The number of amides is 3. The molecule has 0 radical (unpaired) electrons. The lowest BCUT2D eigenvalue weighted by Gasteiger charge is -2.29. The number of carbonyl (C=O) groups excluding carboxylic acids is 4. The minimum atomic E-state index is -0.623. The number of nitrogens with one attached hydrogen (secondary N) is 1. The molecule has 2 aliphatic heterocycles. The Morgan fingerprint density at radius 3 is 2.61 bits per heavy atom. The number of ketones is 1. The first kappa shape index (κ1) is 20.8. The molecule has 2 aromatic rings. The van der Waals surface area contributed by atoms with Crippen molar-refractivity contribution in [2.45, 2.75) is 45.2 Å². The van der Waals surface area contributed by atoms with E-state index in [1.807, 2.05) is 19.1 Å². The molecule has 4 rings (SSSR count). The van der Waals surface area contributed by atoms with Crippen LogP contribution in [0.2, 0.25) is 0 Å². The molecule has 0 aliphatic carbocycles. The average Bonchev–Trinajstić information content (AvgIpc) is 3.08. The van der Waals surface area contributed by atoms with Crippen molar-refractivity contribution in [1.29, 1.82) is 0 Å². The third-order valence-electron chi connectivity index (χ3n) is 5.72. The smallest absolute Gasteiger partial charge is 0.255 e. The quantitative estimate of drug-likeness (QED) is 0.549. The van der Waals surface area contributed by atoms with Gasteiger partial charge < -0.3 is 9.64 Å². The van der Waals surface area contributed by atoms with Crippen LogP contribution in [-0.2, 0) is 22.6 Å². The van der Waals surface area contributed by atoms with Gasteiger partial charge in [-0.2, -0.15) is 0 Å². The summed E-state index contributed by atoms with van der Waals surface area (Å²) in [5.41, 5.74) is 3.03. The van der Waals surface area contributed by atoms with Crippen molar-refractivity contribution >= 4 is 23.5 Å². The Hall–Kier alpha value is -3.48.